The molecule has 0 amide bonds. The molecule has 0 bridgehead atoms. The molecule has 1 rings (SSSR count). The Hall–Kier alpha value is -0.500. The highest BCUT2D eigenvalue weighted by Gasteiger charge is 2.18. The zero-order chi connectivity index (χ0) is 5.28. The number of nitrogens with two attached hydrogens (primary N) is 1. The van der Waals surface area contributed by atoms with E-state index in [4.69, 9.17) is 10.5 Å². The Bertz CT molecular complexity index is 86.1. The largest absolute Gasteiger partial charge is 0.400 e. The Morgan fingerprint density at radius 2 is 2.43 bits per heavy atom. The normalized spacial score (nSPS) is 28.9. The molecule has 0 aliphatic carbocycles. The fourth-order valence-corrected chi connectivity index (χ4v) is 0.528. The third-order valence-corrected chi connectivity index (χ3v) is 1.11. The van der Waals surface area contributed by atoms with Gasteiger partial charge >= 0.3 is 0 Å². The van der Waals surface area contributed by atoms with E-state index in [0.29, 0.717) is 5.70 Å². The molecular formula is C5H9NO. The average Bonchev–Trinajstić information content (AvgIpc) is 1.23. The van der Waals surface area contributed by atoms with E-state index in [1.807, 2.05) is 0 Å². The molecule has 1 saturated heterocycles. The molecule has 2 heteroatoms. The zero-order valence-corrected chi connectivity index (χ0v) is 4.18. The fraction of sp³-hybridized carbons (Fsp3) is 0.600. The summed E-state index contributed by atoms with van der Waals surface area (Å²) >= 11 is 0. The minimum absolute atomic E-state index is 0.167. The molecule has 1 aliphatic rings. The van der Waals surface area contributed by atoms with Crippen LogP contribution in [0.5, 0.6) is 0 Å². The third kappa shape index (κ3) is 0.747. The molecule has 0 radical (unpaired) electrons. The molecule has 0 saturated carbocycles. The summed E-state index contributed by atoms with van der Waals surface area (Å²) < 4.78 is 4.97. The van der Waals surface area contributed by atoms with Crippen molar-refractivity contribution in [3.63, 3.8) is 0 Å². The van der Waals surface area contributed by atoms with E-state index in [1.54, 1.807) is 0 Å². The van der Waals surface area contributed by atoms with Crippen molar-refractivity contribution in [3.05, 3.63) is 12.3 Å². The monoisotopic (exact) mass is 99.1 g/mol. The van der Waals surface area contributed by atoms with Crippen LogP contribution in [0.3, 0.4) is 0 Å². The summed E-state index contributed by atoms with van der Waals surface area (Å²) in [7, 11) is 0. The maximum Gasteiger partial charge on any atom is 0.0982 e. The van der Waals surface area contributed by atoms with Crippen molar-refractivity contribution in [1.29, 1.82) is 0 Å². The molecule has 1 unspecified atom stereocenters. The van der Waals surface area contributed by atoms with E-state index in [1.165, 1.54) is 0 Å². The Labute approximate surface area is 43.0 Å². The van der Waals surface area contributed by atoms with Gasteiger partial charge in [-0.05, 0) is 0 Å². The summed E-state index contributed by atoms with van der Waals surface area (Å²) in [6.45, 7) is 4.38. The van der Waals surface area contributed by atoms with Gasteiger partial charge in [0.1, 0.15) is 0 Å². The van der Waals surface area contributed by atoms with E-state index in [9.17, 15) is 0 Å². The first-order valence-corrected chi connectivity index (χ1v) is 2.36. The van der Waals surface area contributed by atoms with Gasteiger partial charge in [-0.2, -0.15) is 0 Å². The van der Waals surface area contributed by atoms with Crippen LogP contribution in [0.25, 0.3) is 0 Å². The van der Waals surface area contributed by atoms with Crippen LogP contribution in [0.4, 0.5) is 0 Å². The van der Waals surface area contributed by atoms with Crippen LogP contribution < -0.4 is 5.73 Å². The Morgan fingerprint density at radius 3 is 2.43 bits per heavy atom. The van der Waals surface area contributed by atoms with Crippen molar-refractivity contribution >= 4 is 0 Å². The summed E-state index contributed by atoms with van der Waals surface area (Å²) in [5.41, 5.74) is 5.94. The third-order valence-electron chi connectivity index (χ3n) is 1.11. The lowest BCUT2D eigenvalue weighted by Gasteiger charge is -2.25. The predicted molar refractivity (Wildman–Crippen MR) is 27.7 cm³/mol. The highest BCUT2D eigenvalue weighted by Crippen LogP contribution is 2.13. The molecule has 0 aromatic rings. The lowest BCUT2D eigenvalue weighted by atomic mass is 10.1. The van der Waals surface area contributed by atoms with Gasteiger partial charge in [-0.3, -0.25) is 0 Å². The van der Waals surface area contributed by atoms with Gasteiger partial charge in [-0.25, -0.2) is 0 Å². The van der Waals surface area contributed by atoms with Crippen LogP contribution in [-0.2, 0) is 4.74 Å². The number of hydrogen-bond donors (Lipinski definition) is 1. The average molecular weight is 99.1 g/mol. The Morgan fingerprint density at radius 1 is 1.86 bits per heavy atom. The number of hydrogen-bond acceptors (Lipinski definition) is 2. The van der Waals surface area contributed by atoms with Gasteiger partial charge in [-0.15, -0.1) is 0 Å². The Kier molecular flexibility index (Phi) is 1.02. The lowest BCUT2D eigenvalue weighted by Crippen LogP contribution is -2.31. The predicted octanol–water partition coefficient (Wildman–Crippen LogP) is 0.248. The molecule has 2 N–H and O–H groups in total. The molecule has 0 spiro atoms. The lowest BCUT2D eigenvalue weighted by molar-refractivity contribution is -0.0265. The van der Waals surface area contributed by atoms with Crippen LogP contribution >= 0.6 is 0 Å². The van der Waals surface area contributed by atoms with Crippen molar-refractivity contribution in [1.82, 2.24) is 0 Å². The molecule has 1 fully saturated rings. The van der Waals surface area contributed by atoms with Crippen LogP contribution in [0, 0.1) is 0 Å². The standard InChI is InChI=1S/C5H9NO/c1-4(6)5-2-3-7-5/h5H,1-3,6H2. The molecule has 1 aliphatic heterocycles. The van der Waals surface area contributed by atoms with E-state index < -0.39 is 0 Å². The SMILES string of the molecule is C=C(N)C1CCO1. The second kappa shape index (κ2) is 1.54. The van der Waals surface area contributed by atoms with Gasteiger partial charge in [0, 0.05) is 12.1 Å². The first-order valence-electron chi connectivity index (χ1n) is 2.36. The van der Waals surface area contributed by atoms with Crippen molar-refractivity contribution in [3.8, 4) is 0 Å². The first-order chi connectivity index (χ1) is 3.30. The van der Waals surface area contributed by atoms with E-state index >= 15 is 0 Å². The van der Waals surface area contributed by atoms with E-state index in [0.717, 1.165) is 13.0 Å². The number of rotatable bonds is 1. The van der Waals surface area contributed by atoms with Gasteiger partial charge in [0.05, 0.1) is 12.7 Å². The molecular weight excluding hydrogens is 90.1 g/mol. The van der Waals surface area contributed by atoms with Gasteiger partial charge in [0.2, 0.25) is 0 Å². The molecule has 0 aromatic carbocycles. The maximum atomic E-state index is 5.28. The summed E-state index contributed by atoms with van der Waals surface area (Å²) in [5, 5.41) is 0. The van der Waals surface area contributed by atoms with E-state index in [-0.39, 0.29) is 6.10 Å². The quantitative estimate of drug-likeness (QED) is 0.511. The van der Waals surface area contributed by atoms with Crippen molar-refractivity contribution in [2.75, 3.05) is 6.61 Å². The van der Waals surface area contributed by atoms with Crippen LogP contribution in [0.15, 0.2) is 12.3 Å². The topological polar surface area (TPSA) is 35.2 Å². The summed E-state index contributed by atoms with van der Waals surface area (Å²) in [6.07, 6.45) is 1.22. The minimum Gasteiger partial charge on any atom is -0.400 e. The molecule has 2 nitrogen and oxygen atoms in total. The van der Waals surface area contributed by atoms with Crippen LogP contribution in [0.1, 0.15) is 6.42 Å². The molecule has 7 heavy (non-hydrogen) atoms. The second-order valence-corrected chi connectivity index (χ2v) is 1.72. The highest BCUT2D eigenvalue weighted by atomic mass is 16.5. The van der Waals surface area contributed by atoms with Gasteiger partial charge in [0.25, 0.3) is 0 Å². The summed E-state index contributed by atoms with van der Waals surface area (Å²) in [5.74, 6) is 0. The summed E-state index contributed by atoms with van der Waals surface area (Å²) in [4.78, 5) is 0. The van der Waals surface area contributed by atoms with Crippen LogP contribution in [-0.4, -0.2) is 12.7 Å². The second-order valence-electron chi connectivity index (χ2n) is 1.72. The van der Waals surface area contributed by atoms with Gasteiger partial charge < -0.3 is 10.5 Å². The highest BCUT2D eigenvalue weighted by molar-refractivity contribution is 4.98. The first kappa shape index (κ1) is 4.65. The van der Waals surface area contributed by atoms with Gasteiger partial charge in [-0.1, -0.05) is 6.58 Å². The zero-order valence-electron chi connectivity index (χ0n) is 4.18. The summed E-state index contributed by atoms with van der Waals surface area (Å²) in [6, 6.07) is 0. The van der Waals surface area contributed by atoms with E-state index in [2.05, 4.69) is 6.58 Å². The van der Waals surface area contributed by atoms with Crippen LogP contribution in [0.2, 0.25) is 0 Å². The van der Waals surface area contributed by atoms with Gasteiger partial charge in [0.15, 0.2) is 0 Å². The van der Waals surface area contributed by atoms with Crippen molar-refractivity contribution in [2.24, 2.45) is 5.73 Å². The Balaban J connectivity index is 2.27. The minimum atomic E-state index is 0.167. The maximum absolute atomic E-state index is 5.28. The van der Waals surface area contributed by atoms with Crippen molar-refractivity contribution in [2.45, 2.75) is 12.5 Å². The number of ether oxygens (including phenoxy) is 1. The smallest absolute Gasteiger partial charge is 0.0982 e. The molecule has 1 atom stereocenters. The molecule has 1 heterocycles. The van der Waals surface area contributed by atoms with Crippen molar-refractivity contribution < 1.29 is 4.74 Å². The molecule has 40 valence electrons. The molecule has 0 aromatic heterocycles. The fourth-order valence-electron chi connectivity index (χ4n) is 0.528.